The third-order valence-corrected chi connectivity index (χ3v) is 3.99. The molecule has 6 nitrogen and oxygen atoms in total. The molecule has 1 aromatic heterocycles. The Labute approximate surface area is 106 Å². The van der Waals surface area contributed by atoms with Gasteiger partial charge in [-0.1, -0.05) is 26.7 Å². The summed E-state index contributed by atoms with van der Waals surface area (Å²) in [5, 5.41) is 14.9. The zero-order valence-corrected chi connectivity index (χ0v) is 10.9. The van der Waals surface area contributed by atoms with Crippen molar-refractivity contribution in [1.29, 1.82) is 0 Å². The molecule has 1 heterocycles. The van der Waals surface area contributed by atoms with Crippen LogP contribution in [-0.4, -0.2) is 14.7 Å². The monoisotopic (exact) mass is 252 g/mol. The highest BCUT2D eigenvalue weighted by Crippen LogP contribution is 2.38. The van der Waals surface area contributed by atoms with Gasteiger partial charge in [0, 0.05) is 0 Å². The molecule has 0 spiro atoms. The van der Waals surface area contributed by atoms with Crippen molar-refractivity contribution in [2.45, 2.75) is 45.6 Å². The molecule has 2 unspecified atom stereocenters. The van der Waals surface area contributed by atoms with Crippen molar-refractivity contribution < 1.29 is 4.92 Å². The van der Waals surface area contributed by atoms with Crippen molar-refractivity contribution in [3.8, 4) is 0 Å². The normalized spacial score (nSPS) is 24.4. The largest absolute Gasteiger partial charge is 0.378 e. The molecule has 0 saturated heterocycles. The van der Waals surface area contributed by atoms with Crippen LogP contribution in [0.25, 0.3) is 0 Å². The first-order valence-corrected chi connectivity index (χ1v) is 6.48. The maximum absolute atomic E-state index is 10.8. The number of rotatable bonds is 3. The Hall–Kier alpha value is -1.59. The fraction of sp³-hybridized carbons (Fsp3) is 0.750. The molecule has 2 atom stereocenters. The van der Waals surface area contributed by atoms with E-state index in [9.17, 15) is 10.1 Å². The molecule has 0 aromatic carbocycles. The van der Waals surface area contributed by atoms with E-state index in [1.807, 2.05) is 0 Å². The number of nitro groups is 1. The van der Waals surface area contributed by atoms with Crippen LogP contribution in [0.4, 0.5) is 11.5 Å². The Bertz CT molecular complexity index is 441. The van der Waals surface area contributed by atoms with E-state index in [0.29, 0.717) is 11.8 Å². The van der Waals surface area contributed by atoms with Gasteiger partial charge in [0.2, 0.25) is 5.82 Å². The summed E-state index contributed by atoms with van der Waals surface area (Å²) < 4.78 is 1.65. The number of anilines is 1. The second-order valence-electron chi connectivity index (χ2n) is 5.44. The van der Waals surface area contributed by atoms with Gasteiger partial charge in [0.15, 0.2) is 0 Å². The molecule has 1 aromatic rings. The minimum absolute atomic E-state index is 0.0818. The van der Waals surface area contributed by atoms with Crippen molar-refractivity contribution in [2.75, 3.05) is 5.73 Å². The third kappa shape index (κ3) is 2.32. The van der Waals surface area contributed by atoms with Gasteiger partial charge in [0.25, 0.3) is 0 Å². The molecular weight excluding hydrogens is 232 g/mol. The lowest BCUT2D eigenvalue weighted by Gasteiger charge is -2.31. The van der Waals surface area contributed by atoms with Gasteiger partial charge in [-0.2, -0.15) is 5.10 Å². The average molecular weight is 252 g/mol. The molecule has 1 aliphatic carbocycles. The molecule has 0 amide bonds. The fourth-order valence-corrected chi connectivity index (χ4v) is 2.82. The van der Waals surface area contributed by atoms with Gasteiger partial charge in [-0.15, -0.1) is 0 Å². The minimum Gasteiger partial charge on any atom is -0.378 e. The van der Waals surface area contributed by atoms with Crippen LogP contribution in [0.1, 0.15) is 45.6 Å². The van der Waals surface area contributed by atoms with Crippen LogP contribution in [0.3, 0.4) is 0 Å². The van der Waals surface area contributed by atoms with E-state index in [2.05, 4.69) is 18.9 Å². The van der Waals surface area contributed by atoms with Crippen LogP contribution in [0.15, 0.2) is 6.20 Å². The number of nitrogens with zero attached hydrogens (tertiary/aromatic N) is 3. The Kier molecular flexibility index (Phi) is 3.54. The molecule has 6 heteroatoms. The molecule has 0 bridgehead atoms. The van der Waals surface area contributed by atoms with Crippen molar-refractivity contribution in [1.82, 2.24) is 9.78 Å². The lowest BCUT2D eigenvalue weighted by Crippen LogP contribution is -2.24. The highest BCUT2D eigenvalue weighted by molar-refractivity contribution is 5.51. The van der Waals surface area contributed by atoms with Gasteiger partial charge in [-0.3, -0.25) is 10.1 Å². The Morgan fingerprint density at radius 1 is 1.56 bits per heavy atom. The second kappa shape index (κ2) is 4.96. The average Bonchev–Trinajstić information content (AvgIpc) is 2.71. The lowest BCUT2D eigenvalue weighted by atomic mass is 9.79. The molecular formula is C12H20N4O2. The second-order valence-corrected chi connectivity index (χ2v) is 5.44. The predicted octanol–water partition coefficient (Wildman–Crippen LogP) is 2.76. The number of hydrogen-bond acceptors (Lipinski definition) is 4. The van der Waals surface area contributed by atoms with Crippen molar-refractivity contribution in [3.05, 3.63) is 16.3 Å². The van der Waals surface area contributed by atoms with Crippen LogP contribution in [0.5, 0.6) is 0 Å². The summed E-state index contributed by atoms with van der Waals surface area (Å²) in [7, 11) is 0. The maximum Gasteiger partial charge on any atom is 0.330 e. The van der Waals surface area contributed by atoms with Gasteiger partial charge in [0.05, 0.1) is 11.0 Å². The first-order valence-electron chi connectivity index (χ1n) is 6.48. The molecule has 1 saturated carbocycles. The van der Waals surface area contributed by atoms with E-state index in [1.54, 1.807) is 4.68 Å². The number of aromatic nitrogens is 2. The van der Waals surface area contributed by atoms with Crippen LogP contribution in [-0.2, 0) is 0 Å². The molecule has 18 heavy (non-hydrogen) atoms. The Balaban J connectivity index is 2.18. The summed E-state index contributed by atoms with van der Waals surface area (Å²) in [6.07, 6.45) is 5.65. The minimum atomic E-state index is -0.471. The maximum atomic E-state index is 10.8. The number of nitrogens with two attached hydrogens (primary N) is 1. The Morgan fingerprint density at radius 3 is 2.83 bits per heavy atom. The van der Waals surface area contributed by atoms with E-state index in [1.165, 1.54) is 12.6 Å². The SMILES string of the molecule is CC(C)C1CCCC(n2ncc([N+](=O)[O-])c2N)C1. The van der Waals surface area contributed by atoms with Gasteiger partial charge in [0.1, 0.15) is 6.20 Å². The summed E-state index contributed by atoms with van der Waals surface area (Å²) in [4.78, 5) is 10.3. The van der Waals surface area contributed by atoms with Crippen LogP contribution in [0.2, 0.25) is 0 Å². The van der Waals surface area contributed by atoms with E-state index < -0.39 is 4.92 Å². The number of hydrogen-bond donors (Lipinski definition) is 1. The van der Waals surface area contributed by atoms with Crippen molar-refractivity contribution in [2.24, 2.45) is 11.8 Å². The first-order chi connectivity index (χ1) is 8.50. The zero-order valence-electron chi connectivity index (χ0n) is 10.9. The summed E-state index contributed by atoms with van der Waals surface area (Å²) in [6, 6.07) is 0.208. The summed E-state index contributed by atoms with van der Waals surface area (Å²) in [5.74, 6) is 1.49. The molecule has 1 aliphatic rings. The molecule has 1 fully saturated rings. The summed E-state index contributed by atoms with van der Waals surface area (Å²) in [6.45, 7) is 4.45. The highest BCUT2D eigenvalue weighted by atomic mass is 16.6. The third-order valence-electron chi connectivity index (χ3n) is 3.99. The highest BCUT2D eigenvalue weighted by Gasteiger charge is 2.29. The van der Waals surface area contributed by atoms with Gasteiger partial charge >= 0.3 is 5.69 Å². The van der Waals surface area contributed by atoms with Crippen molar-refractivity contribution in [3.63, 3.8) is 0 Å². The summed E-state index contributed by atoms with van der Waals surface area (Å²) >= 11 is 0. The molecule has 0 aliphatic heterocycles. The van der Waals surface area contributed by atoms with Crippen molar-refractivity contribution >= 4 is 11.5 Å². The Morgan fingerprint density at radius 2 is 2.28 bits per heavy atom. The topological polar surface area (TPSA) is 87.0 Å². The summed E-state index contributed by atoms with van der Waals surface area (Å²) in [5.41, 5.74) is 5.73. The lowest BCUT2D eigenvalue weighted by molar-refractivity contribution is -0.384. The van der Waals surface area contributed by atoms with Crippen LogP contribution in [0, 0.1) is 22.0 Å². The molecule has 2 N–H and O–H groups in total. The van der Waals surface area contributed by atoms with Crippen LogP contribution >= 0.6 is 0 Å². The molecule has 0 radical (unpaired) electrons. The zero-order chi connectivity index (χ0) is 13.3. The van der Waals surface area contributed by atoms with E-state index in [4.69, 9.17) is 5.73 Å². The van der Waals surface area contributed by atoms with E-state index in [0.717, 1.165) is 19.3 Å². The predicted molar refractivity (Wildman–Crippen MR) is 69.1 cm³/mol. The van der Waals surface area contributed by atoms with E-state index >= 15 is 0 Å². The van der Waals surface area contributed by atoms with Gasteiger partial charge in [-0.25, -0.2) is 4.68 Å². The molecule has 2 rings (SSSR count). The number of nitrogen functional groups attached to an aromatic ring is 1. The van der Waals surface area contributed by atoms with E-state index in [-0.39, 0.29) is 17.5 Å². The van der Waals surface area contributed by atoms with Gasteiger partial charge in [-0.05, 0) is 24.7 Å². The van der Waals surface area contributed by atoms with Crippen LogP contribution < -0.4 is 5.73 Å². The molecule has 100 valence electrons. The van der Waals surface area contributed by atoms with Gasteiger partial charge < -0.3 is 5.73 Å². The smallest absolute Gasteiger partial charge is 0.330 e. The fourth-order valence-electron chi connectivity index (χ4n) is 2.82. The standard InChI is InChI=1S/C12H20N4O2/c1-8(2)9-4-3-5-10(6-9)15-12(13)11(7-14-15)16(17)18/h7-10H,3-6,13H2,1-2H3. The quantitative estimate of drug-likeness (QED) is 0.661. The first kappa shape index (κ1) is 12.9.